The molecule has 1 amide bonds. The third-order valence-electron chi connectivity index (χ3n) is 6.14. The van der Waals surface area contributed by atoms with Gasteiger partial charge in [0.15, 0.2) is 5.69 Å². The van der Waals surface area contributed by atoms with Crippen molar-refractivity contribution in [2.45, 2.75) is 39.5 Å². The number of likely N-dealkylation sites (N-methyl/N-ethyl adjacent to an activating group) is 1. The summed E-state index contributed by atoms with van der Waals surface area (Å²) in [7, 11) is 6.80. The van der Waals surface area contributed by atoms with Gasteiger partial charge >= 0.3 is 0 Å². The standard InChI is InChI=1S/C25H40N4O7/c1-16-10-19-20(11-17(16)2)29(25(32)23(27-19)24(31)26-8-9-28(4)5)12-21(35-14-33-6)18(3)22(13-30)36-15-34-7/h10-11,18,21-22,30H,8-9,12-15H2,1-7H3,(H,26,31)/t18-,21-,22+/m0/s1. The number of rotatable bonds is 15. The molecule has 2 aromatic rings. The lowest BCUT2D eigenvalue weighted by Gasteiger charge is -2.30. The van der Waals surface area contributed by atoms with Crippen LogP contribution >= 0.6 is 0 Å². The van der Waals surface area contributed by atoms with Crippen LogP contribution in [0.15, 0.2) is 16.9 Å². The van der Waals surface area contributed by atoms with Crippen molar-refractivity contribution in [3.05, 3.63) is 39.3 Å². The minimum atomic E-state index is -0.603. The number of nitrogens with one attached hydrogen (secondary N) is 1. The van der Waals surface area contributed by atoms with Crippen molar-refractivity contribution in [3.63, 3.8) is 0 Å². The summed E-state index contributed by atoms with van der Waals surface area (Å²) in [6.07, 6.45) is -1.19. The predicted molar refractivity (Wildman–Crippen MR) is 136 cm³/mol. The van der Waals surface area contributed by atoms with Gasteiger partial charge in [0.05, 0.1) is 36.4 Å². The summed E-state index contributed by atoms with van der Waals surface area (Å²) in [5.41, 5.74) is 2.39. The summed E-state index contributed by atoms with van der Waals surface area (Å²) in [6, 6.07) is 3.75. The molecule has 0 aliphatic carbocycles. The molecule has 3 atom stereocenters. The highest BCUT2D eigenvalue weighted by Crippen LogP contribution is 2.21. The molecule has 2 N–H and O–H groups in total. The third-order valence-corrected chi connectivity index (χ3v) is 6.14. The number of carbonyl (C=O) groups is 1. The van der Waals surface area contributed by atoms with Crippen molar-refractivity contribution < 1.29 is 28.8 Å². The van der Waals surface area contributed by atoms with Gasteiger partial charge in [-0.25, -0.2) is 4.98 Å². The Hall–Kier alpha value is -2.41. The fourth-order valence-electron chi connectivity index (χ4n) is 3.77. The van der Waals surface area contributed by atoms with Gasteiger partial charge in [-0.2, -0.15) is 0 Å². The van der Waals surface area contributed by atoms with E-state index in [1.54, 1.807) is 0 Å². The number of aromatic nitrogens is 2. The van der Waals surface area contributed by atoms with E-state index in [9.17, 15) is 14.7 Å². The fourth-order valence-corrected chi connectivity index (χ4v) is 3.77. The van der Waals surface area contributed by atoms with Crippen LogP contribution in [0.5, 0.6) is 0 Å². The molecule has 0 bridgehead atoms. The number of ether oxygens (including phenoxy) is 4. The Labute approximate surface area is 212 Å². The molecule has 11 nitrogen and oxygen atoms in total. The Morgan fingerprint density at radius 3 is 2.31 bits per heavy atom. The van der Waals surface area contributed by atoms with Crippen LogP contribution in [-0.4, -0.2) is 99.3 Å². The van der Waals surface area contributed by atoms with Crippen LogP contribution in [0.2, 0.25) is 0 Å². The van der Waals surface area contributed by atoms with Crippen LogP contribution in [-0.2, 0) is 25.5 Å². The van der Waals surface area contributed by atoms with Gasteiger partial charge in [0.2, 0.25) is 0 Å². The van der Waals surface area contributed by atoms with E-state index in [0.29, 0.717) is 24.1 Å². The van der Waals surface area contributed by atoms with Gasteiger partial charge in [0, 0.05) is 33.2 Å². The van der Waals surface area contributed by atoms with Crippen LogP contribution in [0.1, 0.15) is 28.5 Å². The first-order valence-corrected chi connectivity index (χ1v) is 11.9. The van der Waals surface area contributed by atoms with Crippen molar-refractivity contribution in [1.82, 2.24) is 19.8 Å². The molecule has 1 aromatic heterocycles. The number of benzene rings is 1. The lowest BCUT2D eigenvalue weighted by atomic mass is 9.97. The second kappa shape index (κ2) is 14.4. The monoisotopic (exact) mass is 508 g/mol. The minimum Gasteiger partial charge on any atom is -0.394 e. The SMILES string of the molecule is COCO[C@@H](Cn1c(=O)c(C(=O)NCCN(C)C)nc2cc(C)c(C)cc21)[C@H](C)[C@@H](CO)OCOC. The average Bonchev–Trinajstić information content (AvgIpc) is 2.84. The summed E-state index contributed by atoms with van der Waals surface area (Å²) in [6.45, 7) is 6.57. The van der Waals surface area contributed by atoms with Gasteiger partial charge in [0.1, 0.15) is 13.6 Å². The summed E-state index contributed by atoms with van der Waals surface area (Å²) < 4.78 is 23.2. The van der Waals surface area contributed by atoms with Crippen LogP contribution < -0.4 is 10.9 Å². The molecule has 0 spiro atoms. The lowest BCUT2D eigenvalue weighted by molar-refractivity contribution is -0.151. The van der Waals surface area contributed by atoms with E-state index in [4.69, 9.17) is 18.9 Å². The number of aliphatic hydroxyl groups is 1. The molecule has 1 aromatic carbocycles. The van der Waals surface area contributed by atoms with E-state index < -0.39 is 23.7 Å². The number of carbonyl (C=O) groups excluding carboxylic acids is 1. The molecule has 0 saturated carbocycles. The maximum atomic E-state index is 13.6. The van der Waals surface area contributed by atoms with Crippen molar-refractivity contribution in [2.75, 3.05) is 61.6 Å². The Balaban J connectivity index is 2.55. The summed E-state index contributed by atoms with van der Waals surface area (Å²) in [4.78, 5) is 32.9. The Bertz CT molecular complexity index is 1060. The topological polar surface area (TPSA) is 124 Å². The maximum Gasteiger partial charge on any atom is 0.282 e. The number of aliphatic hydroxyl groups excluding tert-OH is 1. The molecule has 2 rings (SSSR count). The average molecular weight is 509 g/mol. The fraction of sp³-hybridized carbons (Fsp3) is 0.640. The molecule has 0 radical (unpaired) electrons. The number of fused-ring (bicyclic) bond motifs is 1. The summed E-state index contributed by atoms with van der Waals surface area (Å²) >= 11 is 0. The minimum absolute atomic E-state index is 0.000437. The van der Waals surface area contributed by atoms with Crippen LogP contribution in [0.3, 0.4) is 0 Å². The molecule has 11 heteroatoms. The smallest absolute Gasteiger partial charge is 0.282 e. The highest BCUT2D eigenvalue weighted by molar-refractivity contribution is 5.94. The second-order valence-electron chi connectivity index (χ2n) is 9.13. The molecule has 0 fully saturated rings. The highest BCUT2D eigenvalue weighted by atomic mass is 16.7. The van der Waals surface area contributed by atoms with Gasteiger partial charge < -0.3 is 38.8 Å². The van der Waals surface area contributed by atoms with Gasteiger partial charge in [-0.1, -0.05) is 6.92 Å². The molecule has 0 saturated heterocycles. The first-order valence-electron chi connectivity index (χ1n) is 11.9. The molecule has 0 aliphatic rings. The maximum absolute atomic E-state index is 13.6. The number of aryl methyl sites for hydroxylation is 2. The van der Waals surface area contributed by atoms with Crippen LogP contribution in [0.25, 0.3) is 11.0 Å². The zero-order valence-electron chi connectivity index (χ0n) is 22.4. The van der Waals surface area contributed by atoms with Crippen molar-refractivity contribution in [2.24, 2.45) is 5.92 Å². The van der Waals surface area contributed by atoms with Crippen molar-refractivity contribution in [1.29, 1.82) is 0 Å². The van der Waals surface area contributed by atoms with E-state index in [-0.39, 0.29) is 38.3 Å². The Kier molecular flexibility index (Phi) is 11.9. The molecule has 1 heterocycles. The van der Waals surface area contributed by atoms with E-state index in [2.05, 4.69) is 10.3 Å². The van der Waals surface area contributed by atoms with Crippen LogP contribution in [0, 0.1) is 19.8 Å². The number of amides is 1. The normalized spacial score (nSPS) is 14.2. The molecule has 36 heavy (non-hydrogen) atoms. The number of nitrogens with zero attached hydrogens (tertiary/aromatic N) is 3. The van der Waals surface area contributed by atoms with Crippen LogP contribution in [0.4, 0.5) is 0 Å². The zero-order chi connectivity index (χ0) is 26.8. The van der Waals surface area contributed by atoms with Gasteiger partial charge in [-0.3, -0.25) is 9.59 Å². The largest absolute Gasteiger partial charge is 0.394 e. The quantitative estimate of drug-likeness (QED) is 0.338. The van der Waals surface area contributed by atoms with Crippen molar-refractivity contribution in [3.8, 4) is 0 Å². The Morgan fingerprint density at radius 1 is 1.11 bits per heavy atom. The Morgan fingerprint density at radius 2 is 1.72 bits per heavy atom. The van der Waals surface area contributed by atoms with E-state index in [0.717, 1.165) is 11.1 Å². The van der Waals surface area contributed by atoms with Gasteiger partial charge in [0.25, 0.3) is 11.5 Å². The lowest BCUT2D eigenvalue weighted by Crippen LogP contribution is -2.43. The summed E-state index contributed by atoms with van der Waals surface area (Å²) in [5.74, 6) is -0.880. The summed E-state index contributed by atoms with van der Waals surface area (Å²) in [5, 5.41) is 12.7. The first-order chi connectivity index (χ1) is 17.1. The molecule has 0 aliphatic heterocycles. The predicted octanol–water partition coefficient (Wildman–Crippen LogP) is 0.911. The van der Waals surface area contributed by atoms with Crippen molar-refractivity contribution >= 4 is 16.9 Å². The molecular formula is C25H40N4O7. The number of methoxy groups -OCH3 is 2. The van der Waals surface area contributed by atoms with E-state index in [1.807, 2.05) is 51.9 Å². The third kappa shape index (κ3) is 7.79. The first kappa shape index (κ1) is 29.8. The zero-order valence-corrected chi connectivity index (χ0v) is 22.4. The molecular weight excluding hydrogens is 468 g/mol. The van der Waals surface area contributed by atoms with Gasteiger partial charge in [-0.15, -0.1) is 0 Å². The second-order valence-corrected chi connectivity index (χ2v) is 9.13. The highest BCUT2D eigenvalue weighted by Gasteiger charge is 2.29. The van der Waals surface area contributed by atoms with E-state index >= 15 is 0 Å². The van der Waals surface area contributed by atoms with Gasteiger partial charge in [-0.05, 0) is 51.2 Å². The molecule has 202 valence electrons. The van der Waals surface area contributed by atoms with E-state index in [1.165, 1.54) is 18.8 Å². The number of hydrogen-bond acceptors (Lipinski definition) is 9. The number of hydrogen-bond donors (Lipinski definition) is 2. The molecule has 0 unspecified atom stereocenters.